The Morgan fingerprint density at radius 3 is 2.88 bits per heavy atom. The van der Waals surface area contributed by atoms with Gasteiger partial charge in [-0.05, 0) is 43.3 Å². The van der Waals surface area contributed by atoms with Crippen LogP contribution in [0, 0.1) is 0 Å². The van der Waals surface area contributed by atoms with Gasteiger partial charge in [0.25, 0.3) is 0 Å². The molecule has 1 saturated carbocycles. The summed E-state index contributed by atoms with van der Waals surface area (Å²) in [5.74, 6) is 1.91. The first-order chi connectivity index (χ1) is 12.3. The molecule has 1 fully saturated rings. The first-order valence-electron chi connectivity index (χ1n) is 9.40. The maximum absolute atomic E-state index is 12.7. The van der Waals surface area contributed by atoms with Crippen LogP contribution in [0.3, 0.4) is 0 Å². The van der Waals surface area contributed by atoms with Crippen molar-refractivity contribution in [2.75, 3.05) is 12.3 Å². The number of carbonyl (C=O) groups excluding carboxylic acids is 1. The van der Waals surface area contributed by atoms with Crippen LogP contribution < -0.4 is 4.72 Å². The topological polar surface area (TPSA) is 61.0 Å². The molecule has 0 saturated heterocycles. The third kappa shape index (κ3) is 4.91. The number of urea groups is 1. The first kappa shape index (κ1) is 18.1. The van der Waals surface area contributed by atoms with E-state index in [4.69, 9.17) is 0 Å². The highest BCUT2D eigenvalue weighted by Gasteiger charge is 2.25. The number of benzene rings is 1. The van der Waals surface area contributed by atoms with Crippen LogP contribution in [-0.4, -0.2) is 39.2 Å². The molecule has 1 aromatic carbocycles. The second kappa shape index (κ2) is 9.13. The van der Waals surface area contributed by atoms with Crippen LogP contribution in [0.4, 0.5) is 4.79 Å². The molecule has 0 unspecified atom stereocenters. The molecular weight excluding hydrogens is 332 g/mol. The SMILES string of the molecule is CCCSNC(=O)N(CCc1nc2ccccc2[nH]1)C1CCCCC1. The van der Waals surface area contributed by atoms with Crippen LogP contribution in [0.2, 0.25) is 0 Å². The Hall–Kier alpha value is -1.69. The molecule has 1 aromatic heterocycles. The summed E-state index contributed by atoms with van der Waals surface area (Å²) in [5.41, 5.74) is 2.05. The fourth-order valence-electron chi connectivity index (χ4n) is 3.47. The van der Waals surface area contributed by atoms with Gasteiger partial charge in [-0.25, -0.2) is 9.78 Å². The predicted octanol–water partition coefficient (Wildman–Crippen LogP) is 4.51. The Morgan fingerprint density at radius 1 is 1.32 bits per heavy atom. The smallest absolute Gasteiger partial charge is 0.327 e. The normalized spacial score (nSPS) is 15.4. The number of aromatic nitrogens is 2. The van der Waals surface area contributed by atoms with E-state index in [1.54, 1.807) is 0 Å². The van der Waals surface area contributed by atoms with Crippen molar-refractivity contribution in [2.24, 2.45) is 0 Å². The van der Waals surface area contributed by atoms with E-state index in [1.807, 2.05) is 29.2 Å². The lowest BCUT2D eigenvalue weighted by Crippen LogP contribution is -2.46. The summed E-state index contributed by atoms with van der Waals surface area (Å²) < 4.78 is 3.02. The molecule has 5 nitrogen and oxygen atoms in total. The number of H-pyrrole nitrogens is 1. The van der Waals surface area contributed by atoms with Crippen molar-refractivity contribution in [1.82, 2.24) is 19.6 Å². The maximum atomic E-state index is 12.7. The van der Waals surface area contributed by atoms with Gasteiger partial charge in [-0.3, -0.25) is 4.72 Å². The summed E-state index contributed by atoms with van der Waals surface area (Å²) in [5, 5.41) is 0. The van der Waals surface area contributed by atoms with Crippen LogP contribution in [0.1, 0.15) is 51.3 Å². The molecule has 6 heteroatoms. The summed E-state index contributed by atoms with van der Waals surface area (Å²) in [6.45, 7) is 2.84. The predicted molar refractivity (Wildman–Crippen MR) is 105 cm³/mol. The van der Waals surface area contributed by atoms with Crippen LogP contribution in [0.15, 0.2) is 24.3 Å². The molecule has 25 heavy (non-hydrogen) atoms. The first-order valence-corrected chi connectivity index (χ1v) is 10.4. The van der Waals surface area contributed by atoms with E-state index in [-0.39, 0.29) is 6.03 Å². The second-order valence-electron chi connectivity index (χ2n) is 6.69. The Labute approximate surface area is 154 Å². The lowest BCUT2D eigenvalue weighted by Gasteiger charge is -2.34. The molecule has 1 aliphatic rings. The molecule has 3 rings (SSSR count). The molecule has 0 atom stereocenters. The van der Waals surface area contributed by atoms with Crippen LogP contribution in [0.5, 0.6) is 0 Å². The summed E-state index contributed by atoms with van der Waals surface area (Å²) in [7, 11) is 0. The molecule has 2 amide bonds. The van der Waals surface area contributed by atoms with Crippen molar-refractivity contribution in [3.05, 3.63) is 30.1 Å². The third-order valence-electron chi connectivity index (χ3n) is 4.77. The van der Waals surface area contributed by atoms with Crippen LogP contribution in [0.25, 0.3) is 11.0 Å². The number of carbonyl (C=O) groups is 1. The minimum atomic E-state index is 0.0569. The van der Waals surface area contributed by atoms with Gasteiger partial charge >= 0.3 is 6.03 Å². The van der Waals surface area contributed by atoms with Gasteiger partial charge in [0.2, 0.25) is 0 Å². The number of fused-ring (bicyclic) bond motifs is 1. The number of nitrogens with one attached hydrogen (secondary N) is 2. The zero-order chi connectivity index (χ0) is 17.5. The molecule has 0 aliphatic heterocycles. The van der Waals surface area contributed by atoms with Gasteiger partial charge in [-0.2, -0.15) is 0 Å². The summed E-state index contributed by atoms with van der Waals surface area (Å²) in [6.07, 6.45) is 7.80. The lowest BCUT2D eigenvalue weighted by molar-refractivity contribution is 0.161. The van der Waals surface area contributed by atoms with Gasteiger partial charge in [0.05, 0.1) is 11.0 Å². The second-order valence-corrected chi connectivity index (χ2v) is 7.59. The minimum absolute atomic E-state index is 0.0569. The fourth-order valence-corrected chi connectivity index (χ4v) is 4.01. The van der Waals surface area contributed by atoms with Crippen LogP contribution >= 0.6 is 11.9 Å². The fraction of sp³-hybridized carbons (Fsp3) is 0.579. The van der Waals surface area contributed by atoms with Crippen molar-refractivity contribution in [2.45, 2.75) is 57.9 Å². The van der Waals surface area contributed by atoms with Gasteiger partial charge in [0, 0.05) is 24.8 Å². The number of rotatable bonds is 7. The average molecular weight is 361 g/mol. The number of hydrogen-bond donors (Lipinski definition) is 2. The van der Waals surface area contributed by atoms with Crippen molar-refractivity contribution in [3.63, 3.8) is 0 Å². The zero-order valence-electron chi connectivity index (χ0n) is 15.0. The van der Waals surface area contributed by atoms with Crippen molar-refractivity contribution in [1.29, 1.82) is 0 Å². The summed E-state index contributed by atoms with van der Waals surface area (Å²) in [4.78, 5) is 22.7. The largest absolute Gasteiger partial charge is 0.342 e. The van der Waals surface area contributed by atoms with E-state index in [0.717, 1.165) is 48.3 Å². The monoisotopic (exact) mass is 360 g/mol. The van der Waals surface area contributed by atoms with Gasteiger partial charge in [-0.1, -0.05) is 38.3 Å². The lowest BCUT2D eigenvalue weighted by atomic mass is 9.94. The van der Waals surface area contributed by atoms with Crippen LogP contribution in [-0.2, 0) is 6.42 Å². The Morgan fingerprint density at radius 2 is 2.12 bits per heavy atom. The maximum Gasteiger partial charge on any atom is 0.327 e. The van der Waals surface area contributed by atoms with Gasteiger partial charge in [0.15, 0.2) is 0 Å². The molecule has 0 spiro atoms. The molecule has 0 radical (unpaired) electrons. The van der Waals surface area contributed by atoms with E-state index < -0.39 is 0 Å². The van der Waals surface area contributed by atoms with Gasteiger partial charge < -0.3 is 9.88 Å². The number of aromatic amines is 1. The van der Waals surface area contributed by atoms with Gasteiger partial charge in [-0.15, -0.1) is 0 Å². The third-order valence-corrected chi connectivity index (χ3v) is 5.70. The molecule has 2 aromatic rings. The average Bonchev–Trinajstić information content (AvgIpc) is 3.06. The highest BCUT2D eigenvalue weighted by molar-refractivity contribution is 7.97. The minimum Gasteiger partial charge on any atom is -0.342 e. The Kier molecular flexibility index (Phi) is 6.62. The highest BCUT2D eigenvalue weighted by Crippen LogP contribution is 2.23. The highest BCUT2D eigenvalue weighted by atomic mass is 32.2. The number of imidazole rings is 1. The molecular formula is C19H28N4OS. The standard InChI is InChI=1S/C19H28N4OS/c1-2-14-25-22-19(24)23(15-8-4-3-5-9-15)13-12-18-20-16-10-6-7-11-17(16)21-18/h6-7,10-11,15H,2-5,8-9,12-14H2,1H3,(H,20,21)(H,22,24). The zero-order valence-corrected chi connectivity index (χ0v) is 15.8. The van der Waals surface area contributed by atoms with E-state index in [1.165, 1.54) is 31.2 Å². The molecule has 0 bridgehead atoms. The van der Waals surface area contributed by atoms with Crippen molar-refractivity contribution >= 4 is 29.0 Å². The number of amides is 2. The Bertz CT molecular complexity index is 648. The summed E-state index contributed by atoms with van der Waals surface area (Å²) >= 11 is 1.51. The van der Waals surface area contributed by atoms with E-state index in [2.05, 4.69) is 21.6 Å². The molecule has 2 N–H and O–H groups in total. The molecule has 1 heterocycles. The number of para-hydroxylation sites is 2. The summed E-state index contributed by atoms with van der Waals surface area (Å²) in [6, 6.07) is 8.49. The van der Waals surface area contributed by atoms with E-state index >= 15 is 0 Å². The van der Waals surface area contributed by atoms with Crippen molar-refractivity contribution in [3.8, 4) is 0 Å². The molecule has 136 valence electrons. The number of hydrogen-bond acceptors (Lipinski definition) is 3. The number of nitrogens with zero attached hydrogens (tertiary/aromatic N) is 2. The Balaban J connectivity index is 1.64. The van der Waals surface area contributed by atoms with E-state index in [9.17, 15) is 4.79 Å². The van der Waals surface area contributed by atoms with E-state index in [0.29, 0.717) is 12.6 Å². The van der Waals surface area contributed by atoms with Gasteiger partial charge in [0.1, 0.15) is 5.82 Å². The van der Waals surface area contributed by atoms with Crippen molar-refractivity contribution < 1.29 is 4.79 Å². The quantitative estimate of drug-likeness (QED) is 0.564. The molecule has 1 aliphatic carbocycles.